The van der Waals surface area contributed by atoms with Crippen LogP contribution in [0.4, 0.5) is 4.79 Å². The maximum absolute atomic E-state index is 12.0. The van der Waals surface area contributed by atoms with E-state index in [0.717, 1.165) is 12.1 Å². The van der Waals surface area contributed by atoms with Crippen LogP contribution in [0.1, 0.15) is 12.0 Å². The zero-order valence-corrected chi connectivity index (χ0v) is 10.7. The van der Waals surface area contributed by atoms with Crippen molar-refractivity contribution in [3.63, 3.8) is 0 Å². The Labute approximate surface area is 112 Å². The molecular weight excluding hydrogens is 242 g/mol. The van der Waals surface area contributed by atoms with Gasteiger partial charge in [-0.1, -0.05) is 30.3 Å². The SMILES string of the molecule is N#CC[C@@H]1CNCCN1C(=O)OCc1ccccc1. The summed E-state index contributed by atoms with van der Waals surface area (Å²) in [5, 5.41) is 11.9. The van der Waals surface area contributed by atoms with E-state index in [-0.39, 0.29) is 18.7 Å². The largest absolute Gasteiger partial charge is 0.445 e. The van der Waals surface area contributed by atoms with Gasteiger partial charge in [-0.25, -0.2) is 4.79 Å². The van der Waals surface area contributed by atoms with Gasteiger partial charge in [-0.15, -0.1) is 0 Å². The van der Waals surface area contributed by atoms with Gasteiger partial charge in [0.25, 0.3) is 0 Å². The van der Waals surface area contributed by atoms with Gasteiger partial charge < -0.3 is 15.0 Å². The van der Waals surface area contributed by atoms with E-state index in [1.165, 1.54) is 0 Å². The molecule has 1 amide bonds. The fourth-order valence-electron chi connectivity index (χ4n) is 2.09. The van der Waals surface area contributed by atoms with Crippen molar-refractivity contribution in [2.24, 2.45) is 0 Å². The van der Waals surface area contributed by atoms with E-state index in [2.05, 4.69) is 11.4 Å². The van der Waals surface area contributed by atoms with Gasteiger partial charge in [-0.3, -0.25) is 0 Å². The third-order valence-corrected chi connectivity index (χ3v) is 3.12. The highest BCUT2D eigenvalue weighted by molar-refractivity contribution is 5.68. The van der Waals surface area contributed by atoms with Gasteiger partial charge in [-0.2, -0.15) is 5.26 Å². The van der Waals surface area contributed by atoms with Crippen molar-refractivity contribution < 1.29 is 9.53 Å². The molecule has 1 aromatic carbocycles. The monoisotopic (exact) mass is 259 g/mol. The van der Waals surface area contributed by atoms with Crippen LogP contribution in [0.2, 0.25) is 0 Å². The summed E-state index contributed by atoms with van der Waals surface area (Å²) in [6.45, 7) is 2.24. The van der Waals surface area contributed by atoms with Crippen LogP contribution < -0.4 is 5.32 Å². The van der Waals surface area contributed by atoms with Crippen molar-refractivity contribution in [1.29, 1.82) is 5.26 Å². The number of carbonyl (C=O) groups excluding carboxylic acids is 1. The standard InChI is InChI=1S/C14H17N3O2/c15-7-6-13-10-16-8-9-17(13)14(18)19-11-12-4-2-1-3-5-12/h1-5,13,16H,6,8-11H2/t13-/m1/s1. The van der Waals surface area contributed by atoms with Gasteiger partial charge in [0.2, 0.25) is 0 Å². The lowest BCUT2D eigenvalue weighted by atomic mass is 10.1. The molecule has 1 aliphatic rings. The molecule has 1 aliphatic heterocycles. The minimum Gasteiger partial charge on any atom is -0.445 e. The molecule has 100 valence electrons. The Hall–Kier alpha value is -2.06. The Bertz CT molecular complexity index is 456. The number of ether oxygens (including phenoxy) is 1. The predicted molar refractivity (Wildman–Crippen MR) is 70.2 cm³/mol. The first-order valence-corrected chi connectivity index (χ1v) is 6.36. The van der Waals surface area contributed by atoms with Crippen molar-refractivity contribution >= 4 is 6.09 Å². The average molecular weight is 259 g/mol. The summed E-state index contributed by atoms with van der Waals surface area (Å²) < 4.78 is 5.29. The van der Waals surface area contributed by atoms with E-state index in [1.54, 1.807) is 4.90 Å². The van der Waals surface area contributed by atoms with Crippen molar-refractivity contribution in [1.82, 2.24) is 10.2 Å². The molecule has 0 aliphatic carbocycles. The van der Waals surface area contributed by atoms with Gasteiger partial charge >= 0.3 is 6.09 Å². The summed E-state index contributed by atoms with van der Waals surface area (Å²) in [7, 11) is 0. The Balaban J connectivity index is 1.89. The fourth-order valence-corrected chi connectivity index (χ4v) is 2.09. The van der Waals surface area contributed by atoms with Gasteiger partial charge in [-0.05, 0) is 5.56 Å². The maximum atomic E-state index is 12.0. The summed E-state index contributed by atoms with van der Waals surface area (Å²) in [6.07, 6.45) is -0.0152. The molecule has 5 nitrogen and oxygen atoms in total. The summed E-state index contributed by atoms with van der Waals surface area (Å²) in [4.78, 5) is 13.7. The smallest absolute Gasteiger partial charge is 0.410 e. The molecule has 1 atom stereocenters. The minimum absolute atomic E-state index is 0.0953. The number of hydrogen-bond donors (Lipinski definition) is 1. The number of piperazine rings is 1. The van der Waals surface area contributed by atoms with E-state index in [4.69, 9.17) is 10.00 Å². The number of nitrogens with one attached hydrogen (secondary N) is 1. The molecule has 2 rings (SSSR count). The van der Waals surface area contributed by atoms with Crippen molar-refractivity contribution in [2.45, 2.75) is 19.1 Å². The van der Waals surface area contributed by atoms with Crippen LogP contribution in [0.5, 0.6) is 0 Å². The van der Waals surface area contributed by atoms with Crippen LogP contribution in [-0.4, -0.2) is 36.7 Å². The van der Waals surface area contributed by atoms with Crippen LogP contribution >= 0.6 is 0 Å². The first kappa shape index (κ1) is 13.4. The first-order chi connectivity index (χ1) is 9.31. The summed E-state index contributed by atoms with van der Waals surface area (Å²) in [6, 6.07) is 11.6. The second-order valence-electron chi connectivity index (χ2n) is 4.45. The Morgan fingerprint density at radius 1 is 1.47 bits per heavy atom. The molecule has 0 bridgehead atoms. The zero-order valence-electron chi connectivity index (χ0n) is 10.7. The molecule has 5 heteroatoms. The van der Waals surface area contributed by atoms with Gasteiger partial charge in [0.05, 0.1) is 18.5 Å². The number of nitriles is 1. The highest BCUT2D eigenvalue weighted by Crippen LogP contribution is 2.10. The Morgan fingerprint density at radius 3 is 3.00 bits per heavy atom. The van der Waals surface area contributed by atoms with Crippen LogP contribution in [0.25, 0.3) is 0 Å². The molecule has 0 saturated carbocycles. The number of nitrogens with zero attached hydrogens (tertiary/aromatic N) is 2. The van der Waals surface area contributed by atoms with Crippen LogP contribution in [0.15, 0.2) is 30.3 Å². The summed E-state index contributed by atoms with van der Waals surface area (Å²) in [5.41, 5.74) is 0.961. The first-order valence-electron chi connectivity index (χ1n) is 6.36. The van der Waals surface area contributed by atoms with E-state index < -0.39 is 0 Å². The molecule has 0 aromatic heterocycles. The summed E-state index contributed by atoms with van der Waals surface area (Å²) >= 11 is 0. The molecule has 1 N–H and O–H groups in total. The number of carbonyl (C=O) groups is 1. The quantitative estimate of drug-likeness (QED) is 0.893. The highest BCUT2D eigenvalue weighted by atomic mass is 16.6. The lowest BCUT2D eigenvalue weighted by Crippen LogP contribution is -2.53. The number of benzene rings is 1. The topological polar surface area (TPSA) is 65.4 Å². The third kappa shape index (κ3) is 3.70. The van der Waals surface area contributed by atoms with E-state index >= 15 is 0 Å². The van der Waals surface area contributed by atoms with Gasteiger partial charge in [0, 0.05) is 19.6 Å². The van der Waals surface area contributed by atoms with Gasteiger partial charge in [0.1, 0.15) is 6.61 Å². The molecule has 1 heterocycles. The van der Waals surface area contributed by atoms with Crippen molar-refractivity contribution in [2.75, 3.05) is 19.6 Å². The van der Waals surface area contributed by atoms with E-state index in [1.807, 2.05) is 30.3 Å². The lowest BCUT2D eigenvalue weighted by Gasteiger charge is -2.34. The molecule has 0 radical (unpaired) electrons. The second kappa shape index (κ2) is 6.76. The number of hydrogen-bond acceptors (Lipinski definition) is 4. The molecular formula is C14H17N3O2. The van der Waals surface area contributed by atoms with Crippen LogP contribution in [0, 0.1) is 11.3 Å². The van der Waals surface area contributed by atoms with E-state index in [0.29, 0.717) is 19.5 Å². The molecule has 0 unspecified atom stereocenters. The van der Waals surface area contributed by atoms with Gasteiger partial charge in [0.15, 0.2) is 0 Å². The van der Waals surface area contributed by atoms with Crippen molar-refractivity contribution in [3.05, 3.63) is 35.9 Å². The van der Waals surface area contributed by atoms with Crippen LogP contribution in [0.3, 0.4) is 0 Å². The lowest BCUT2D eigenvalue weighted by molar-refractivity contribution is 0.0731. The number of amides is 1. The minimum atomic E-state index is -0.342. The molecule has 1 fully saturated rings. The fraction of sp³-hybridized carbons (Fsp3) is 0.429. The highest BCUT2D eigenvalue weighted by Gasteiger charge is 2.27. The summed E-state index contributed by atoms with van der Waals surface area (Å²) in [5.74, 6) is 0. The molecule has 19 heavy (non-hydrogen) atoms. The Morgan fingerprint density at radius 2 is 2.26 bits per heavy atom. The molecule has 0 spiro atoms. The normalized spacial score (nSPS) is 18.7. The van der Waals surface area contributed by atoms with Crippen molar-refractivity contribution in [3.8, 4) is 6.07 Å². The average Bonchev–Trinajstić information content (AvgIpc) is 2.47. The van der Waals surface area contributed by atoms with Crippen LogP contribution in [-0.2, 0) is 11.3 Å². The van der Waals surface area contributed by atoms with E-state index in [9.17, 15) is 4.79 Å². The second-order valence-corrected chi connectivity index (χ2v) is 4.45. The maximum Gasteiger partial charge on any atom is 0.410 e. The zero-order chi connectivity index (χ0) is 13.5. The number of rotatable bonds is 3. The predicted octanol–water partition coefficient (Wildman–Crippen LogP) is 1.51. The Kier molecular flexibility index (Phi) is 4.76. The molecule has 1 aromatic rings. The third-order valence-electron chi connectivity index (χ3n) is 3.12. The molecule has 1 saturated heterocycles.